The first kappa shape index (κ1) is 18.1. The maximum atomic E-state index is 12.6. The second-order valence-electron chi connectivity index (χ2n) is 6.59. The molecule has 1 saturated heterocycles. The highest BCUT2D eigenvalue weighted by molar-refractivity contribution is 5.92. The first-order valence-electron chi connectivity index (χ1n) is 8.68. The molecule has 0 saturated carbocycles. The number of piperazine rings is 1. The lowest BCUT2D eigenvalue weighted by Gasteiger charge is -2.34. The Hall–Kier alpha value is -2.68. The van der Waals surface area contributed by atoms with Crippen molar-refractivity contribution in [3.05, 3.63) is 35.4 Å². The molecule has 0 unspecified atom stereocenters. The average molecular weight is 360 g/mol. The van der Waals surface area contributed by atoms with Gasteiger partial charge < -0.3 is 10.0 Å². The van der Waals surface area contributed by atoms with E-state index < -0.39 is 5.97 Å². The predicted molar refractivity (Wildman–Crippen MR) is 93.6 cm³/mol. The Kier molecular flexibility index (Phi) is 5.36. The van der Waals surface area contributed by atoms with Crippen LogP contribution in [0, 0.1) is 6.92 Å². The molecular weight excluding hydrogens is 336 g/mol. The highest BCUT2D eigenvalue weighted by atomic mass is 16.4. The molecule has 9 nitrogen and oxygen atoms in total. The maximum Gasteiger partial charge on any atom is 0.305 e. The summed E-state index contributed by atoms with van der Waals surface area (Å²) >= 11 is 0. The van der Waals surface area contributed by atoms with E-state index in [-0.39, 0.29) is 18.9 Å². The summed E-state index contributed by atoms with van der Waals surface area (Å²) in [6.07, 6.45) is 3.68. The molecule has 3 rings (SSSR count). The van der Waals surface area contributed by atoms with Crippen molar-refractivity contribution in [2.75, 3.05) is 26.2 Å². The van der Waals surface area contributed by atoms with Gasteiger partial charge in [0.15, 0.2) is 0 Å². The summed E-state index contributed by atoms with van der Waals surface area (Å²) in [4.78, 5) is 27.3. The summed E-state index contributed by atoms with van der Waals surface area (Å²) in [5.41, 5.74) is 2.62. The number of aliphatic carboxylic acids is 1. The van der Waals surface area contributed by atoms with Gasteiger partial charge in [-0.05, 0) is 13.0 Å². The van der Waals surface area contributed by atoms with Crippen molar-refractivity contribution < 1.29 is 14.7 Å². The molecule has 1 fully saturated rings. The van der Waals surface area contributed by atoms with E-state index in [1.807, 2.05) is 24.9 Å². The largest absolute Gasteiger partial charge is 0.481 e. The van der Waals surface area contributed by atoms with Gasteiger partial charge in [0.05, 0.1) is 18.7 Å². The smallest absolute Gasteiger partial charge is 0.305 e. The van der Waals surface area contributed by atoms with Gasteiger partial charge in [-0.1, -0.05) is 0 Å². The number of aryl methyl sites for hydroxylation is 3. The zero-order valence-electron chi connectivity index (χ0n) is 15.1. The second kappa shape index (κ2) is 7.69. The first-order chi connectivity index (χ1) is 12.4. The monoisotopic (exact) mass is 360 g/mol. The van der Waals surface area contributed by atoms with Crippen LogP contribution in [-0.2, 0) is 24.9 Å². The van der Waals surface area contributed by atoms with Gasteiger partial charge in [-0.2, -0.15) is 10.2 Å². The molecule has 3 heterocycles. The molecule has 0 radical (unpaired) electrons. The Morgan fingerprint density at radius 2 is 1.92 bits per heavy atom. The standard InChI is InChI=1S/C17H24N6O3/c1-13-14(11-20(2)18-13)12-21-7-9-22(10-8-21)17(26)15-3-5-23(19-15)6-4-16(24)25/h3,5,11H,4,6-10,12H2,1-2H3,(H,24,25). The molecule has 1 aliphatic rings. The van der Waals surface area contributed by atoms with Crippen LogP contribution in [0.4, 0.5) is 0 Å². The van der Waals surface area contributed by atoms with E-state index in [1.54, 1.807) is 17.2 Å². The summed E-state index contributed by atoms with van der Waals surface area (Å²) in [6, 6.07) is 1.65. The number of carboxylic acid groups (broad SMARTS) is 1. The van der Waals surface area contributed by atoms with Crippen LogP contribution in [0.1, 0.15) is 28.2 Å². The number of hydrogen-bond acceptors (Lipinski definition) is 5. The molecular formula is C17H24N6O3. The molecule has 2 aromatic heterocycles. The number of hydrogen-bond donors (Lipinski definition) is 1. The Labute approximate surface area is 151 Å². The fourth-order valence-electron chi connectivity index (χ4n) is 3.13. The van der Waals surface area contributed by atoms with Crippen molar-refractivity contribution in [2.45, 2.75) is 26.4 Å². The van der Waals surface area contributed by atoms with Gasteiger partial charge in [-0.3, -0.25) is 23.9 Å². The highest BCUT2D eigenvalue weighted by Gasteiger charge is 2.24. The minimum atomic E-state index is -0.881. The molecule has 1 N–H and O–H groups in total. The first-order valence-corrected chi connectivity index (χ1v) is 8.68. The van der Waals surface area contributed by atoms with Gasteiger partial charge in [0.2, 0.25) is 0 Å². The highest BCUT2D eigenvalue weighted by Crippen LogP contribution is 2.13. The Balaban J connectivity index is 1.52. The van der Waals surface area contributed by atoms with Gasteiger partial charge in [0, 0.05) is 57.7 Å². The van der Waals surface area contributed by atoms with E-state index in [0.29, 0.717) is 18.8 Å². The van der Waals surface area contributed by atoms with Gasteiger partial charge >= 0.3 is 5.97 Å². The third kappa shape index (κ3) is 4.29. The molecule has 0 aromatic carbocycles. The number of carbonyl (C=O) groups is 2. The lowest BCUT2D eigenvalue weighted by molar-refractivity contribution is -0.137. The average Bonchev–Trinajstić information content (AvgIpc) is 3.20. The lowest BCUT2D eigenvalue weighted by atomic mass is 10.2. The zero-order chi connectivity index (χ0) is 18.7. The molecule has 140 valence electrons. The van der Waals surface area contributed by atoms with Crippen molar-refractivity contribution in [1.29, 1.82) is 0 Å². The van der Waals surface area contributed by atoms with Crippen LogP contribution in [0.5, 0.6) is 0 Å². The zero-order valence-corrected chi connectivity index (χ0v) is 15.1. The molecule has 2 aromatic rings. The minimum Gasteiger partial charge on any atom is -0.481 e. The summed E-state index contributed by atoms with van der Waals surface area (Å²) in [5.74, 6) is -0.982. The number of amides is 1. The van der Waals surface area contributed by atoms with Crippen LogP contribution in [0.15, 0.2) is 18.5 Å². The van der Waals surface area contributed by atoms with Gasteiger partial charge in [0.1, 0.15) is 5.69 Å². The quantitative estimate of drug-likeness (QED) is 0.799. The normalized spacial score (nSPS) is 15.4. The summed E-state index contributed by atoms with van der Waals surface area (Å²) < 4.78 is 3.33. The summed E-state index contributed by atoms with van der Waals surface area (Å²) in [6.45, 7) is 6.03. The predicted octanol–water partition coefficient (Wildman–Crippen LogP) is 0.358. The summed E-state index contributed by atoms with van der Waals surface area (Å²) in [7, 11) is 1.92. The minimum absolute atomic E-state index is 0.0122. The molecule has 0 aliphatic carbocycles. The molecule has 0 bridgehead atoms. The van der Waals surface area contributed by atoms with E-state index in [1.165, 1.54) is 10.2 Å². The maximum absolute atomic E-state index is 12.6. The summed E-state index contributed by atoms with van der Waals surface area (Å²) in [5, 5.41) is 17.3. The fourth-order valence-corrected chi connectivity index (χ4v) is 3.13. The van der Waals surface area contributed by atoms with Crippen molar-refractivity contribution in [3.8, 4) is 0 Å². The molecule has 26 heavy (non-hydrogen) atoms. The van der Waals surface area contributed by atoms with Crippen LogP contribution in [0.3, 0.4) is 0 Å². The number of carboxylic acids is 1. The van der Waals surface area contributed by atoms with E-state index in [2.05, 4.69) is 15.1 Å². The molecule has 9 heteroatoms. The van der Waals surface area contributed by atoms with Crippen molar-refractivity contribution >= 4 is 11.9 Å². The third-order valence-corrected chi connectivity index (χ3v) is 4.58. The van der Waals surface area contributed by atoms with Gasteiger partial charge in [-0.15, -0.1) is 0 Å². The number of carbonyl (C=O) groups excluding carboxylic acids is 1. The Bertz CT molecular complexity index is 788. The molecule has 0 atom stereocenters. The molecule has 0 spiro atoms. The van der Waals surface area contributed by atoms with Gasteiger partial charge in [-0.25, -0.2) is 0 Å². The van der Waals surface area contributed by atoms with Crippen LogP contribution in [0.2, 0.25) is 0 Å². The van der Waals surface area contributed by atoms with E-state index in [0.717, 1.165) is 25.3 Å². The topological polar surface area (TPSA) is 96.5 Å². The van der Waals surface area contributed by atoms with Crippen molar-refractivity contribution in [1.82, 2.24) is 29.4 Å². The third-order valence-electron chi connectivity index (χ3n) is 4.58. The number of aromatic nitrogens is 4. The van der Waals surface area contributed by atoms with E-state index in [9.17, 15) is 9.59 Å². The van der Waals surface area contributed by atoms with Gasteiger partial charge in [0.25, 0.3) is 5.91 Å². The Morgan fingerprint density at radius 3 is 2.54 bits per heavy atom. The number of nitrogens with zero attached hydrogens (tertiary/aromatic N) is 6. The fraction of sp³-hybridized carbons (Fsp3) is 0.529. The van der Waals surface area contributed by atoms with E-state index in [4.69, 9.17) is 5.11 Å². The van der Waals surface area contributed by atoms with E-state index >= 15 is 0 Å². The Morgan fingerprint density at radius 1 is 1.19 bits per heavy atom. The second-order valence-corrected chi connectivity index (χ2v) is 6.59. The van der Waals surface area contributed by atoms with Crippen LogP contribution < -0.4 is 0 Å². The molecule has 1 aliphatic heterocycles. The van der Waals surface area contributed by atoms with Crippen LogP contribution in [0.25, 0.3) is 0 Å². The van der Waals surface area contributed by atoms with Crippen LogP contribution in [-0.4, -0.2) is 72.5 Å². The van der Waals surface area contributed by atoms with Crippen molar-refractivity contribution in [2.24, 2.45) is 7.05 Å². The SMILES string of the molecule is Cc1nn(C)cc1CN1CCN(C(=O)c2ccn(CCC(=O)O)n2)CC1. The van der Waals surface area contributed by atoms with Crippen LogP contribution >= 0.6 is 0 Å². The number of rotatable bonds is 6. The van der Waals surface area contributed by atoms with Crippen molar-refractivity contribution in [3.63, 3.8) is 0 Å². The lowest BCUT2D eigenvalue weighted by Crippen LogP contribution is -2.48. The molecule has 1 amide bonds.